The van der Waals surface area contributed by atoms with Crippen LogP contribution < -0.4 is 15.5 Å². The fourth-order valence-corrected chi connectivity index (χ4v) is 6.75. The number of anilines is 2. The topological polar surface area (TPSA) is 87.5 Å². The van der Waals surface area contributed by atoms with Crippen molar-refractivity contribution in [1.29, 1.82) is 0 Å². The number of aromatic nitrogens is 4. The maximum atomic E-state index is 14.2. The molecule has 0 saturated carbocycles. The summed E-state index contributed by atoms with van der Waals surface area (Å²) in [4.78, 5) is 47.5. The number of aryl methyl sites for hydroxylation is 1. The molecular formula is C32H42ClN7O2. The van der Waals surface area contributed by atoms with Crippen molar-refractivity contribution in [1.82, 2.24) is 24.4 Å². The summed E-state index contributed by atoms with van der Waals surface area (Å²) in [5.41, 5.74) is 2.40. The molecule has 2 aliphatic heterocycles. The highest BCUT2D eigenvalue weighted by molar-refractivity contribution is 6.33. The first-order chi connectivity index (χ1) is 19.9. The Bertz CT molecular complexity index is 1600. The van der Waals surface area contributed by atoms with Crippen LogP contribution in [0.15, 0.2) is 35.8 Å². The van der Waals surface area contributed by atoms with E-state index in [1.165, 1.54) is 6.08 Å². The van der Waals surface area contributed by atoms with E-state index >= 15 is 0 Å². The Labute approximate surface area is 253 Å². The number of fused-ring (bicyclic) bond motifs is 1. The van der Waals surface area contributed by atoms with Gasteiger partial charge in [-0.25, -0.2) is 14.3 Å². The number of carbonyl (C=O) groups is 1. The molecule has 2 atom stereocenters. The normalized spacial score (nSPS) is 20.8. The molecule has 42 heavy (non-hydrogen) atoms. The van der Waals surface area contributed by atoms with Gasteiger partial charge in [-0.05, 0) is 83.6 Å². The van der Waals surface area contributed by atoms with Gasteiger partial charge in [-0.1, -0.05) is 32.0 Å². The Balaban J connectivity index is 1.79. The zero-order valence-electron chi connectivity index (χ0n) is 25.8. The third-order valence-corrected chi connectivity index (χ3v) is 9.11. The van der Waals surface area contributed by atoms with E-state index in [4.69, 9.17) is 21.6 Å². The van der Waals surface area contributed by atoms with Gasteiger partial charge in [0.25, 0.3) is 0 Å². The van der Waals surface area contributed by atoms with Crippen molar-refractivity contribution < 1.29 is 4.79 Å². The minimum Gasteiger partial charge on any atom is -0.350 e. The molecule has 0 N–H and O–H groups in total. The second-order valence-electron chi connectivity index (χ2n) is 12.7. The third-order valence-electron chi connectivity index (χ3n) is 8.83. The fraction of sp³-hybridized carbons (Fsp3) is 0.531. The second-order valence-corrected chi connectivity index (χ2v) is 13.1. The lowest BCUT2D eigenvalue weighted by Crippen LogP contribution is -2.58. The Morgan fingerprint density at radius 1 is 1.14 bits per heavy atom. The number of piperidine rings is 1. The van der Waals surface area contributed by atoms with Crippen molar-refractivity contribution >= 4 is 40.2 Å². The molecule has 3 aromatic heterocycles. The highest BCUT2D eigenvalue weighted by atomic mass is 35.5. The van der Waals surface area contributed by atoms with Gasteiger partial charge in [0.2, 0.25) is 5.91 Å². The first-order valence-electron chi connectivity index (χ1n) is 14.9. The molecule has 5 heterocycles. The number of rotatable bonds is 5. The van der Waals surface area contributed by atoms with Gasteiger partial charge in [0.05, 0.1) is 21.8 Å². The highest BCUT2D eigenvalue weighted by Crippen LogP contribution is 2.39. The van der Waals surface area contributed by atoms with E-state index in [9.17, 15) is 9.59 Å². The van der Waals surface area contributed by atoms with Crippen LogP contribution in [0.1, 0.15) is 78.0 Å². The Kier molecular flexibility index (Phi) is 8.09. The summed E-state index contributed by atoms with van der Waals surface area (Å²) in [6, 6.07) is 3.64. The molecule has 224 valence electrons. The largest absolute Gasteiger partial charge is 0.355 e. The molecule has 0 aliphatic carbocycles. The highest BCUT2D eigenvalue weighted by Gasteiger charge is 2.36. The third kappa shape index (κ3) is 5.16. The fourth-order valence-electron chi connectivity index (χ4n) is 6.49. The number of piperazine rings is 1. The van der Waals surface area contributed by atoms with Gasteiger partial charge in [0.15, 0.2) is 5.65 Å². The number of amides is 1. The van der Waals surface area contributed by atoms with Gasteiger partial charge in [-0.2, -0.15) is 4.98 Å². The van der Waals surface area contributed by atoms with Crippen LogP contribution in [-0.4, -0.2) is 67.6 Å². The van der Waals surface area contributed by atoms with Gasteiger partial charge < -0.3 is 14.7 Å². The Hall–Kier alpha value is -3.46. The summed E-state index contributed by atoms with van der Waals surface area (Å²) < 4.78 is 1.62. The van der Waals surface area contributed by atoms with Crippen LogP contribution in [0.4, 0.5) is 11.6 Å². The lowest BCUT2D eigenvalue weighted by Gasteiger charge is -2.45. The lowest BCUT2D eigenvalue weighted by molar-refractivity contribution is -0.128. The van der Waals surface area contributed by atoms with E-state index < -0.39 is 5.69 Å². The number of carbonyl (C=O) groups excluding carboxylic acids is 1. The zero-order valence-corrected chi connectivity index (χ0v) is 26.6. The van der Waals surface area contributed by atoms with E-state index in [2.05, 4.69) is 49.1 Å². The van der Waals surface area contributed by atoms with Crippen molar-refractivity contribution in [3.8, 4) is 5.69 Å². The molecule has 0 radical (unpaired) electrons. The van der Waals surface area contributed by atoms with Crippen molar-refractivity contribution in [3.05, 3.63) is 57.7 Å². The maximum absolute atomic E-state index is 14.2. The van der Waals surface area contributed by atoms with E-state index in [0.717, 1.165) is 37.1 Å². The second kappa shape index (κ2) is 11.3. The molecule has 5 rings (SSSR count). The number of pyridine rings is 2. The average Bonchev–Trinajstić information content (AvgIpc) is 2.93. The summed E-state index contributed by atoms with van der Waals surface area (Å²) >= 11 is 7.06. The summed E-state index contributed by atoms with van der Waals surface area (Å²) in [6.45, 7) is 20.1. The molecule has 2 aliphatic rings. The molecule has 0 aromatic carbocycles. The minimum atomic E-state index is -0.418. The minimum absolute atomic E-state index is 0.0747. The Morgan fingerprint density at radius 2 is 1.88 bits per heavy atom. The summed E-state index contributed by atoms with van der Waals surface area (Å²) in [5, 5.41) is 1.22. The molecule has 0 spiro atoms. The van der Waals surface area contributed by atoms with Gasteiger partial charge >= 0.3 is 5.69 Å². The molecule has 2 fully saturated rings. The molecule has 2 saturated heterocycles. The van der Waals surface area contributed by atoms with Crippen LogP contribution in [0.2, 0.25) is 5.02 Å². The van der Waals surface area contributed by atoms with Crippen LogP contribution in [0.5, 0.6) is 0 Å². The molecule has 1 amide bonds. The molecule has 9 nitrogen and oxygen atoms in total. The number of halogens is 1. The van der Waals surface area contributed by atoms with E-state index in [1.54, 1.807) is 10.8 Å². The summed E-state index contributed by atoms with van der Waals surface area (Å²) in [7, 11) is 0. The quantitative estimate of drug-likeness (QED) is 0.355. The predicted molar refractivity (Wildman–Crippen MR) is 170 cm³/mol. The van der Waals surface area contributed by atoms with Crippen LogP contribution in [0.25, 0.3) is 16.7 Å². The summed E-state index contributed by atoms with van der Waals surface area (Å²) in [6.07, 6.45) is 6.36. The summed E-state index contributed by atoms with van der Waals surface area (Å²) in [5.74, 6) is 1.18. The SMILES string of the molecule is C=CC(=O)N1C[C@H](C)N(c2nc(=O)n(-c3c(C)ccnc3C(C)C)c3nc(N4CCCCC4(C)C)c(Cl)cc23)C[C@H]1C. The molecular weight excluding hydrogens is 550 g/mol. The van der Waals surface area contributed by atoms with Gasteiger partial charge in [0, 0.05) is 43.5 Å². The van der Waals surface area contributed by atoms with Crippen molar-refractivity contribution in [2.24, 2.45) is 0 Å². The predicted octanol–water partition coefficient (Wildman–Crippen LogP) is 5.64. The van der Waals surface area contributed by atoms with Crippen LogP contribution >= 0.6 is 11.6 Å². The monoisotopic (exact) mass is 591 g/mol. The maximum Gasteiger partial charge on any atom is 0.355 e. The van der Waals surface area contributed by atoms with Crippen molar-refractivity contribution in [2.45, 2.75) is 91.3 Å². The first kappa shape index (κ1) is 30.0. The molecule has 10 heteroatoms. The number of hydrogen-bond donors (Lipinski definition) is 0. The van der Waals surface area contributed by atoms with Crippen molar-refractivity contribution in [3.63, 3.8) is 0 Å². The smallest absolute Gasteiger partial charge is 0.350 e. The molecule has 3 aromatic rings. The lowest BCUT2D eigenvalue weighted by atomic mass is 9.90. The van der Waals surface area contributed by atoms with Crippen LogP contribution in [0, 0.1) is 6.92 Å². The molecule has 0 unspecified atom stereocenters. The van der Waals surface area contributed by atoms with E-state index in [-0.39, 0.29) is 29.4 Å². The van der Waals surface area contributed by atoms with E-state index in [1.807, 2.05) is 37.8 Å². The zero-order chi connectivity index (χ0) is 30.5. The standard InChI is InChI=1S/C32H42ClN7O2/c1-9-25(41)37-17-22(6)38(18-21(37)5)28-23-16-24(33)30(39-15-11-10-13-32(39,7)8)35-29(23)40(31(42)36-28)27-20(4)12-14-34-26(27)19(2)3/h9,12,14,16,19,21-22H,1,10-11,13,15,17-18H2,2-8H3/t21-,22+/m1/s1. The average molecular weight is 592 g/mol. The number of nitrogens with zero attached hydrogens (tertiary/aromatic N) is 7. The first-order valence-corrected chi connectivity index (χ1v) is 15.3. The van der Waals surface area contributed by atoms with Gasteiger partial charge in [0.1, 0.15) is 11.6 Å². The number of hydrogen-bond acceptors (Lipinski definition) is 7. The van der Waals surface area contributed by atoms with E-state index in [0.29, 0.717) is 46.5 Å². The Morgan fingerprint density at radius 3 is 2.55 bits per heavy atom. The molecule has 0 bridgehead atoms. The van der Waals surface area contributed by atoms with Gasteiger partial charge in [-0.15, -0.1) is 0 Å². The van der Waals surface area contributed by atoms with Crippen LogP contribution in [-0.2, 0) is 4.79 Å². The van der Waals surface area contributed by atoms with Gasteiger partial charge in [-0.3, -0.25) is 9.78 Å². The van der Waals surface area contributed by atoms with Crippen molar-refractivity contribution in [2.75, 3.05) is 29.4 Å². The van der Waals surface area contributed by atoms with Crippen LogP contribution in [0.3, 0.4) is 0 Å².